The smallest absolute Gasteiger partial charge is 0.410 e. The lowest BCUT2D eigenvalue weighted by Crippen LogP contribution is -2.39. The Balaban J connectivity index is 1.87. The van der Waals surface area contributed by atoms with Crippen molar-refractivity contribution in [2.45, 2.75) is 32.8 Å². The van der Waals surface area contributed by atoms with Crippen LogP contribution in [0.25, 0.3) is 16.5 Å². The normalized spacial score (nSPS) is 15.1. The van der Waals surface area contributed by atoms with Gasteiger partial charge in [0, 0.05) is 17.6 Å². The number of aromatic amines is 1. The summed E-state index contributed by atoms with van der Waals surface area (Å²) in [6.45, 7) is 6.54. The van der Waals surface area contributed by atoms with Crippen molar-refractivity contribution in [2.75, 3.05) is 13.1 Å². The molecule has 0 saturated heterocycles. The SMILES string of the molecule is CC(C)(C)OC(=O)N1CCC=C(c2cc3cc(C(=O)O)cc(Cl)c3[nH]2)C1. The molecule has 0 unspecified atom stereocenters. The van der Waals surface area contributed by atoms with Crippen LogP contribution in [-0.4, -0.2) is 45.7 Å². The lowest BCUT2D eigenvalue weighted by molar-refractivity contribution is 0.0272. The van der Waals surface area contributed by atoms with Crippen LogP contribution in [0.5, 0.6) is 0 Å². The number of fused-ring (bicyclic) bond motifs is 1. The Morgan fingerprint density at radius 1 is 1.27 bits per heavy atom. The number of halogens is 1. The lowest BCUT2D eigenvalue weighted by Gasteiger charge is -2.30. The molecular formula is C19H21ClN2O4. The number of hydrogen-bond acceptors (Lipinski definition) is 3. The van der Waals surface area contributed by atoms with Gasteiger partial charge in [0.15, 0.2) is 0 Å². The third kappa shape index (κ3) is 3.85. The number of ether oxygens (including phenoxy) is 1. The zero-order chi connectivity index (χ0) is 19.1. The number of amides is 1. The molecule has 0 spiro atoms. The first-order chi connectivity index (χ1) is 12.1. The standard InChI is InChI=1S/C19H21ClN2O4/c1-19(2,3)26-18(25)22-6-4-5-11(10-22)15-9-12-7-13(17(23)24)8-14(20)16(12)21-15/h5,7-9,21H,4,6,10H2,1-3H3,(H,23,24). The van der Waals surface area contributed by atoms with E-state index in [4.69, 9.17) is 16.3 Å². The van der Waals surface area contributed by atoms with E-state index in [2.05, 4.69) is 11.1 Å². The molecule has 3 rings (SSSR count). The maximum Gasteiger partial charge on any atom is 0.410 e. The van der Waals surface area contributed by atoms with Crippen LogP contribution in [0.2, 0.25) is 5.02 Å². The number of carboxylic acid groups (broad SMARTS) is 1. The van der Waals surface area contributed by atoms with Gasteiger partial charge in [0.05, 0.1) is 22.6 Å². The third-order valence-electron chi connectivity index (χ3n) is 4.08. The van der Waals surface area contributed by atoms with Crippen LogP contribution in [-0.2, 0) is 4.74 Å². The summed E-state index contributed by atoms with van der Waals surface area (Å²) < 4.78 is 5.44. The van der Waals surface area contributed by atoms with Crippen LogP contribution in [0.4, 0.5) is 4.79 Å². The van der Waals surface area contributed by atoms with Gasteiger partial charge in [-0.2, -0.15) is 0 Å². The number of aromatic carboxylic acids is 1. The number of H-pyrrole nitrogens is 1. The van der Waals surface area contributed by atoms with E-state index in [1.54, 1.807) is 11.0 Å². The lowest BCUT2D eigenvalue weighted by atomic mass is 10.1. The van der Waals surface area contributed by atoms with Crippen molar-refractivity contribution in [2.24, 2.45) is 0 Å². The number of hydrogen-bond donors (Lipinski definition) is 2. The van der Waals surface area contributed by atoms with Crippen LogP contribution in [0, 0.1) is 0 Å². The largest absolute Gasteiger partial charge is 0.478 e. The highest BCUT2D eigenvalue weighted by Gasteiger charge is 2.25. The molecule has 0 fully saturated rings. The monoisotopic (exact) mass is 376 g/mol. The number of aromatic nitrogens is 1. The Hall–Kier alpha value is -2.47. The minimum absolute atomic E-state index is 0.140. The number of nitrogens with zero attached hydrogens (tertiary/aromatic N) is 1. The minimum Gasteiger partial charge on any atom is -0.478 e. The van der Waals surface area contributed by atoms with Crippen LogP contribution < -0.4 is 0 Å². The van der Waals surface area contributed by atoms with Gasteiger partial charge in [-0.25, -0.2) is 9.59 Å². The Morgan fingerprint density at radius 3 is 2.65 bits per heavy atom. The molecule has 0 radical (unpaired) electrons. The van der Waals surface area contributed by atoms with Crippen molar-refractivity contribution in [1.82, 2.24) is 9.88 Å². The first kappa shape index (κ1) is 18.3. The maximum absolute atomic E-state index is 12.3. The number of rotatable bonds is 2. The molecule has 7 heteroatoms. The van der Waals surface area contributed by atoms with Gasteiger partial charge in [0.1, 0.15) is 5.60 Å². The number of nitrogens with one attached hydrogen (secondary N) is 1. The summed E-state index contributed by atoms with van der Waals surface area (Å²) in [5.74, 6) is -1.02. The van der Waals surface area contributed by atoms with Gasteiger partial charge in [-0.05, 0) is 51.0 Å². The number of benzene rings is 1. The minimum atomic E-state index is -1.02. The summed E-state index contributed by atoms with van der Waals surface area (Å²) in [4.78, 5) is 28.4. The summed E-state index contributed by atoms with van der Waals surface area (Å²) in [6.07, 6.45) is 2.45. The van der Waals surface area contributed by atoms with Gasteiger partial charge in [-0.3, -0.25) is 0 Å². The Morgan fingerprint density at radius 2 is 2.00 bits per heavy atom. The van der Waals surface area contributed by atoms with Crippen LogP contribution >= 0.6 is 11.6 Å². The average molecular weight is 377 g/mol. The van der Waals surface area contributed by atoms with Crippen molar-refractivity contribution in [3.8, 4) is 0 Å². The predicted molar refractivity (Wildman–Crippen MR) is 101 cm³/mol. The molecule has 2 N–H and O–H groups in total. The summed E-state index contributed by atoms with van der Waals surface area (Å²) in [5, 5.41) is 10.3. The van der Waals surface area contributed by atoms with Gasteiger partial charge in [0.2, 0.25) is 0 Å². The zero-order valence-electron chi connectivity index (χ0n) is 14.9. The second kappa shape index (κ2) is 6.68. The molecule has 1 amide bonds. The molecule has 0 aliphatic carbocycles. The summed E-state index contributed by atoms with van der Waals surface area (Å²) in [6, 6.07) is 4.87. The van der Waals surface area contributed by atoms with Crippen molar-refractivity contribution in [3.63, 3.8) is 0 Å². The maximum atomic E-state index is 12.3. The van der Waals surface area contributed by atoms with Crippen molar-refractivity contribution >= 4 is 40.1 Å². The molecule has 6 nitrogen and oxygen atoms in total. The van der Waals surface area contributed by atoms with E-state index in [9.17, 15) is 14.7 Å². The summed E-state index contributed by atoms with van der Waals surface area (Å²) >= 11 is 6.21. The van der Waals surface area contributed by atoms with Gasteiger partial charge < -0.3 is 19.7 Å². The topological polar surface area (TPSA) is 82.6 Å². The second-order valence-electron chi connectivity index (χ2n) is 7.33. The van der Waals surface area contributed by atoms with E-state index in [0.29, 0.717) is 23.6 Å². The Kier molecular flexibility index (Phi) is 4.71. The first-order valence-electron chi connectivity index (χ1n) is 8.37. The van der Waals surface area contributed by atoms with Crippen molar-refractivity contribution in [1.29, 1.82) is 0 Å². The Labute approximate surface area is 156 Å². The number of carbonyl (C=O) groups excluding carboxylic acids is 1. The predicted octanol–water partition coefficient (Wildman–Crippen LogP) is 4.54. The molecule has 26 heavy (non-hydrogen) atoms. The average Bonchev–Trinajstić information content (AvgIpc) is 2.98. The second-order valence-corrected chi connectivity index (χ2v) is 7.74. The number of carbonyl (C=O) groups is 2. The molecule has 1 aliphatic rings. The van der Waals surface area contributed by atoms with Crippen molar-refractivity contribution < 1.29 is 19.4 Å². The fraction of sp³-hybridized carbons (Fsp3) is 0.368. The highest BCUT2D eigenvalue weighted by Crippen LogP contribution is 2.30. The highest BCUT2D eigenvalue weighted by molar-refractivity contribution is 6.35. The molecule has 1 aromatic heterocycles. The van der Waals surface area contributed by atoms with Crippen LogP contribution in [0.3, 0.4) is 0 Å². The van der Waals surface area contributed by atoms with E-state index in [1.165, 1.54) is 6.07 Å². The van der Waals surface area contributed by atoms with Crippen LogP contribution in [0.1, 0.15) is 43.2 Å². The van der Waals surface area contributed by atoms with E-state index in [0.717, 1.165) is 23.1 Å². The highest BCUT2D eigenvalue weighted by atomic mass is 35.5. The number of carboxylic acids is 1. The summed E-state index contributed by atoms with van der Waals surface area (Å²) in [7, 11) is 0. The molecule has 138 valence electrons. The molecular weight excluding hydrogens is 356 g/mol. The zero-order valence-corrected chi connectivity index (χ0v) is 15.7. The van der Waals surface area contributed by atoms with E-state index >= 15 is 0 Å². The van der Waals surface area contributed by atoms with Gasteiger partial charge in [-0.1, -0.05) is 17.7 Å². The third-order valence-corrected chi connectivity index (χ3v) is 4.37. The van der Waals surface area contributed by atoms with E-state index < -0.39 is 11.6 Å². The first-order valence-corrected chi connectivity index (χ1v) is 8.75. The molecule has 0 saturated carbocycles. The van der Waals surface area contributed by atoms with E-state index in [-0.39, 0.29) is 11.7 Å². The van der Waals surface area contributed by atoms with Gasteiger partial charge in [-0.15, -0.1) is 0 Å². The fourth-order valence-electron chi connectivity index (χ4n) is 2.92. The summed E-state index contributed by atoms with van der Waals surface area (Å²) in [5.41, 5.74) is 2.05. The molecule has 0 atom stereocenters. The van der Waals surface area contributed by atoms with Crippen LogP contribution in [0.15, 0.2) is 24.3 Å². The molecule has 0 bridgehead atoms. The fourth-order valence-corrected chi connectivity index (χ4v) is 3.19. The molecule has 1 aromatic carbocycles. The van der Waals surface area contributed by atoms with Crippen molar-refractivity contribution in [3.05, 3.63) is 40.6 Å². The van der Waals surface area contributed by atoms with Gasteiger partial charge in [0.25, 0.3) is 0 Å². The molecule has 1 aliphatic heterocycles. The quantitative estimate of drug-likeness (QED) is 0.805. The Bertz CT molecular complexity index is 908. The van der Waals surface area contributed by atoms with E-state index in [1.807, 2.05) is 26.8 Å². The molecule has 2 heterocycles. The van der Waals surface area contributed by atoms with Gasteiger partial charge >= 0.3 is 12.1 Å². The molecule has 2 aromatic rings.